The van der Waals surface area contributed by atoms with Gasteiger partial charge in [0.25, 0.3) is 0 Å². The maximum Gasteiger partial charge on any atom is 0.338 e. The molecule has 6 rings (SSSR count). The molecule has 1 aromatic heterocycles. The highest BCUT2D eigenvalue weighted by Gasteiger charge is 2.42. The first-order valence-electron chi connectivity index (χ1n) is 13.4. The summed E-state index contributed by atoms with van der Waals surface area (Å²) in [4.78, 5) is 52.3. The number of carboxylic acid groups (broad SMARTS) is 1. The van der Waals surface area contributed by atoms with E-state index in [0.717, 1.165) is 17.7 Å². The summed E-state index contributed by atoms with van der Waals surface area (Å²) >= 11 is 7.56. The van der Waals surface area contributed by atoms with Crippen LogP contribution in [0.3, 0.4) is 0 Å². The number of piperazine rings is 1. The molecule has 3 aliphatic heterocycles. The van der Waals surface area contributed by atoms with Gasteiger partial charge in [-0.15, -0.1) is 11.3 Å². The second-order valence-electron chi connectivity index (χ2n) is 10.2. The van der Waals surface area contributed by atoms with Crippen LogP contribution >= 0.6 is 22.9 Å². The van der Waals surface area contributed by atoms with Gasteiger partial charge in [0.05, 0.1) is 24.3 Å². The number of aromatic nitrogens is 1. The summed E-state index contributed by atoms with van der Waals surface area (Å²) in [5.74, 6) is -2.26. The summed E-state index contributed by atoms with van der Waals surface area (Å²) in [6.07, 6.45) is 1.68. The zero-order valence-corrected chi connectivity index (χ0v) is 24.4. The molecule has 0 bridgehead atoms. The Hall–Kier alpha value is -4.33. The highest BCUT2D eigenvalue weighted by atomic mass is 35.5. The molecule has 222 valence electrons. The van der Waals surface area contributed by atoms with Crippen molar-refractivity contribution in [1.82, 2.24) is 20.1 Å². The third-order valence-corrected chi connectivity index (χ3v) is 8.70. The number of amides is 2. The van der Waals surface area contributed by atoms with E-state index in [1.807, 2.05) is 17.5 Å². The number of amidine groups is 1. The van der Waals surface area contributed by atoms with Gasteiger partial charge in [-0.1, -0.05) is 23.7 Å². The SMILES string of the molecule is COC(=O)C1=C(CN2CCN3C(=O)N(c4ccc(C(=O)O)c(F)c4)C[C@@H]3C2)NC(c2nccs2)=N[C@H]1c1ccc(Cl)cc1. The minimum absolute atomic E-state index is 0.201. The number of nitrogens with one attached hydrogen (secondary N) is 1. The number of esters is 1. The Morgan fingerprint density at radius 1 is 1.19 bits per heavy atom. The molecule has 2 amide bonds. The maximum absolute atomic E-state index is 14.4. The number of fused-ring (bicyclic) bond motifs is 1. The second-order valence-corrected chi connectivity index (χ2v) is 11.6. The molecule has 0 spiro atoms. The quantitative estimate of drug-likeness (QED) is 0.380. The van der Waals surface area contributed by atoms with E-state index in [4.69, 9.17) is 26.4 Å². The fourth-order valence-electron chi connectivity index (χ4n) is 5.61. The number of nitrogens with zero attached hydrogens (tertiary/aromatic N) is 5. The van der Waals surface area contributed by atoms with Crippen molar-refractivity contribution in [3.63, 3.8) is 0 Å². The monoisotopic (exact) mass is 624 g/mol. The van der Waals surface area contributed by atoms with E-state index >= 15 is 0 Å². The molecule has 4 heterocycles. The number of thiazole rings is 1. The lowest BCUT2D eigenvalue weighted by Gasteiger charge is -2.38. The number of anilines is 1. The van der Waals surface area contributed by atoms with Crippen molar-refractivity contribution in [2.24, 2.45) is 4.99 Å². The molecule has 43 heavy (non-hydrogen) atoms. The van der Waals surface area contributed by atoms with Gasteiger partial charge in [0.15, 0.2) is 10.8 Å². The number of ether oxygens (including phenoxy) is 1. The molecule has 3 aliphatic rings. The Balaban J connectivity index is 1.27. The minimum Gasteiger partial charge on any atom is -0.478 e. The van der Waals surface area contributed by atoms with E-state index in [9.17, 15) is 18.8 Å². The highest BCUT2D eigenvalue weighted by Crippen LogP contribution is 2.34. The number of hydrogen-bond acceptors (Lipinski definition) is 9. The number of methoxy groups -OCH3 is 1. The number of rotatable bonds is 7. The van der Waals surface area contributed by atoms with Crippen molar-refractivity contribution in [2.45, 2.75) is 12.1 Å². The van der Waals surface area contributed by atoms with Crippen LogP contribution in [0.15, 0.2) is 70.3 Å². The summed E-state index contributed by atoms with van der Waals surface area (Å²) in [7, 11) is 1.33. The Morgan fingerprint density at radius 2 is 1.98 bits per heavy atom. The van der Waals surface area contributed by atoms with Gasteiger partial charge >= 0.3 is 18.0 Å². The average Bonchev–Trinajstić information content (AvgIpc) is 3.65. The largest absolute Gasteiger partial charge is 0.478 e. The summed E-state index contributed by atoms with van der Waals surface area (Å²) in [6.45, 7) is 2.09. The zero-order valence-electron chi connectivity index (χ0n) is 22.9. The van der Waals surface area contributed by atoms with E-state index in [-0.39, 0.29) is 12.1 Å². The van der Waals surface area contributed by atoms with E-state index in [2.05, 4.69) is 15.2 Å². The van der Waals surface area contributed by atoms with Gasteiger partial charge in [-0.25, -0.2) is 23.8 Å². The molecule has 14 heteroatoms. The molecule has 2 aromatic carbocycles. The van der Waals surface area contributed by atoms with Crippen LogP contribution in [-0.2, 0) is 9.53 Å². The normalized spacial score (nSPS) is 20.5. The number of carboxylic acids is 1. The first-order valence-corrected chi connectivity index (χ1v) is 14.6. The van der Waals surface area contributed by atoms with Crippen LogP contribution in [0.1, 0.15) is 27.0 Å². The maximum atomic E-state index is 14.4. The summed E-state index contributed by atoms with van der Waals surface area (Å²) < 4.78 is 19.6. The molecule has 0 saturated carbocycles. The van der Waals surface area contributed by atoms with Crippen LogP contribution in [0.25, 0.3) is 0 Å². The van der Waals surface area contributed by atoms with Crippen LogP contribution in [-0.4, -0.2) is 89.6 Å². The number of halogens is 2. The smallest absolute Gasteiger partial charge is 0.338 e. The summed E-state index contributed by atoms with van der Waals surface area (Å²) in [5, 5.41) is 15.6. The van der Waals surface area contributed by atoms with Crippen molar-refractivity contribution < 1.29 is 28.6 Å². The lowest BCUT2D eigenvalue weighted by molar-refractivity contribution is -0.136. The highest BCUT2D eigenvalue weighted by molar-refractivity contribution is 7.11. The Morgan fingerprint density at radius 3 is 2.65 bits per heavy atom. The molecule has 0 aliphatic carbocycles. The van der Waals surface area contributed by atoms with E-state index in [0.29, 0.717) is 65.5 Å². The van der Waals surface area contributed by atoms with Crippen molar-refractivity contribution in [3.05, 3.63) is 92.3 Å². The van der Waals surface area contributed by atoms with Gasteiger partial charge in [0, 0.05) is 60.7 Å². The molecule has 3 aromatic rings. The number of hydrogen-bond donors (Lipinski definition) is 2. The first-order chi connectivity index (χ1) is 20.7. The number of benzene rings is 2. The van der Waals surface area contributed by atoms with Gasteiger partial charge in [-0.3, -0.25) is 14.8 Å². The Labute approximate surface area is 254 Å². The lowest BCUT2D eigenvalue weighted by Crippen LogP contribution is -2.53. The predicted octanol–water partition coefficient (Wildman–Crippen LogP) is 3.78. The molecule has 2 fully saturated rings. The van der Waals surface area contributed by atoms with Gasteiger partial charge in [-0.2, -0.15) is 0 Å². The fourth-order valence-corrected chi connectivity index (χ4v) is 6.32. The second kappa shape index (κ2) is 11.7. The summed E-state index contributed by atoms with van der Waals surface area (Å²) in [6, 6.07) is 9.70. The molecular weight excluding hydrogens is 599 g/mol. The Bertz CT molecular complexity index is 1650. The van der Waals surface area contributed by atoms with Gasteiger partial charge < -0.3 is 20.1 Å². The minimum atomic E-state index is -1.37. The van der Waals surface area contributed by atoms with Crippen molar-refractivity contribution in [3.8, 4) is 0 Å². The first kappa shape index (κ1) is 28.8. The van der Waals surface area contributed by atoms with Crippen LogP contribution in [0.5, 0.6) is 0 Å². The van der Waals surface area contributed by atoms with E-state index in [1.54, 1.807) is 23.2 Å². The number of carbonyl (C=O) groups is 3. The van der Waals surface area contributed by atoms with E-state index < -0.39 is 29.4 Å². The third-order valence-electron chi connectivity index (χ3n) is 7.67. The fraction of sp³-hybridized carbons (Fsp3) is 0.276. The molecule has 2 saturated heterocycles. The molecule has 2 N–H and O–H groups in total. The third kappa shape index (κ3) is 5.58. The molecule has 0 radical (unpaired) electrons. The lowest BCUT2D eigenvalue weighted by atomic mass is 9.95. The standard InChI is InChI=1S/C29H26ClFN6O5S/c1-42-28(40)23-22(33-25(26-32-8-11-43-26)34-24(23)16-2-4-17(30)5-3-16)15-35-9-10-36-19(13-35)14-37(29(36)41)18-6-7-20(27(38)39)21(31)12-18/h2-8,11-12,19,24H,9-10,13-15H2,1H3,(H,33,34)(H,38,39)/t19-,24-/m0/s1. The summed E-state index contributed by atoms with van der Waals surface area (Å²) in [5.41, 5.74) is 1.60. The Kier molecular flexibility index (Phi) is 7.86. The number of aliphatic imine (C=N–C) groups is 1. The van der Waals surface area contributed by atoms with E-state index in [1.165, 1.54) is 29.4 Å². The van der Waals surface area contributed by atoms with Crippen molar-refractivity contribution >= 4 is 52.4 Å². The van der Waals surface area contributed by atoms with Crippen LogP contribution < -0.4 is 10.2 Å². The van der Waals surface area contributed by atoms with Gasteiger partial charge in [0.2, 0.25) is 0 Å². The van der Waals surface area contributed by atoms with Crippen molar-refractivity contribution in [1.29, 1.82) is 0 Å². The zero-order chi connectivity index (χ0) is 30.2. The van der Waals surface area contributed by atoms with Crippen LogP contribution in [0.4, 0.5) is 14.9 Å². The van der Waals surface area contributed by atoms with Crippen LogP contribution in [0, 0.1) is 5.82 Å². The topological polar surface area (TPSA) is 128 Å². The van der Waals surface area contributed by atoms with Crippen molar-refractivity contribution in [2.75, 3.05) is 44.7 Å². The molecular formula is C29H26ClFN6O5S. The number of carbonyl (C=O) groups excluding carboxylic acids is 2. The molecule has 2 atom stereocenters. The number of urea groups is 1. The average molecular weight is 625 g/mol. The number of aromatic carboxylic acids is 1. The molecule has 11 nitrogen and oxygen atoms in total. The predicted molar refractivity (Wildman–Crippen MR) is 158 cm³/mol. The van der Waals surface area contributed by atoms with Gasteiger partial charge in [-0.05, 0) is 35.9 Å². The molecule has 0 unspecified atom stereocenters. The van der Waals surface area contributed by atoms with Crippen LogP contribution in [0.2, 0.25) is 5.02 Å². The van der Waals surface area contributed by atoms with Gasteiger partial charge in [0.1, 0.15) is 11.9 Å².